The van der Waals surface area contributed by atoms with Crippen LogP contribution in [0.1, 0.15) is 66.8 Å². The SMILES string of the molecule is CC(=O)c1cc(C(=O)O[C@H](C)C(=O)N(C)C2(C#N)CCCCC2)n(C)c1. The zero-order valence-corrected chi connectivity index (χ0v) is 15.7. The highest BCUT2D eigenvalue weighted by atomic mass is 16.5. The van der Waals surface area contributed by atoms with Crippen molar-refractivity contribution in [3.05, 3.63) is 23.5 Å². The van der Waals surface area contributed by atoms with Crippen LogP contribution in [-0.4, -0.2) is 45.8 Å². The van der Waals surface area contributed by atoms with Crippen LogP contribution in [0, 0.1) is 11.3 Å². The second kappa shape index (κ2) is 7.73. The summed E-state index contributed by atoms with van der Waals surface area (Å²) in [4.78, 5) is 37.9. The first-order valence-corrected chi connectivity index (χ1v) is 8.79. The molecule has 1 aromatic heterocycles. The number of aromatic nitrogens is 1. The topological polar surface area (TPSA) is 92.4 Å². The third kappa shape index (κ3) is 3.79. The molecule has 140 valence electrons. The van der Waals surface area contributed by atoms with E-state index in [4.69, 9.17) is 4.74 Å². The molecule has 1 amide bonds. The zero-order valence-electron chi connectivity index (χ0n) is 15.7. The lowest BCUT2D eigenvalue weighted by Gasteiger charge is -2.39. The quantitative estimate of drug-likeness (QED) is 0.595. The molecule has 0 unspecified atom stereocenters. The maximum absolute atomic E-state index is 12.7. The van der Waals surface area contributed by atoms with Gasteiger partial charge in [0, 0.05) is 25.9 Å². The Hall–Kier alpha value is -2.62. The van der Waals surface area contributed by atoms with Crippen molar-refractivity contribution < 1.29 is 19.1 Å². The molecule has 26 heavy (non-hydrogen) atoms. The highest BCUT2D eigenvalue weighted by molar-refractivity contribution is 5.98. The molecule has 0 bridgehead atoms. The molecule has 7 heteroatoms. The van der Waals surface area contributed by atoms with E-state index in [0.717, 1.165) is 19.3 Å². The first-order valence-electron chi connectivity index (χ1n) is 8.79. The average molecular weight is 359 g/mol. The minimum atomic E-state index is -1.02. The van der Waals surface area contributed by atoms with Crippen molar-refractivity contribution in [2.24, 2.45) is 7.05 Å². The van der Waals surface area contributed by atoms with Crippen molar-refractivity contribution in [3.8, 4) is 6.07 Å². The van der Waals surface area contributed by atoms with E-state index in [1.165, 1.54) is 29.4 Å². The van der Waals surface area contributed by atoms with Gasteiger partial charge in [-0.05, 0) is 32.8 Å². The fourth-order valence-electron chi connectivity index (χ4n) is 3.37. The van der Waals surface area contributed by atoms with Crippen LogP contribution in [0.15, 0.2) is 12.3 Å². The summed E-state index contributed by atoms with van der Waals surface area (Å²) >= 11 is 0. The number of esters is 1. The largest absolute Gasteiger partial charge is 0.448 e. The summed E-state index contributed by atoms with van der Waals surface area (Å²) in [5.41, 5.74) is -0.227. The van der Waals surface area contributed by atoms with Crippen molar-refractivity contribution in [2.45, 2.75) is 57.6 Å². The van der Waals surface area contributed by atoms with Crippen LogP contribution < -0.4 is 0 Å². The van der Waals surface area contributed by atoms with Gasteiger partial charge in [-0.25, -0.2) is 4.79 Å². The summed E-state index contributed by atoms with van der Waals surface area (Å²) in [7, 11) is 3.23. The molecule has 0 aliphatic heterocycles. The number of likely N-dealkylation sites (N-methyl/N-ethyl adjacent to an activating group) is 1. The van der Waals surface area contributed by atoms with Gasteiger partial charge in [0.2, 0.25) is 0 Å². The third-order valence-corrected chi connectivity index (χ3v) is 5.11. The van der Waals surface area contributed by atoms with E-state index in [9.17, 15) is 19.6 Å². The number of rotatable bonds is 5. The van der Waals surface area contributed by atoms with Gasteiger partial charge in [0.1, 0.15) is 11.2 Å². The first-order chi connectivity index (χ1) is 12.2. The van der Waals surface area contributed by atoms with Crippen molar-refractivity contribution in [2.75, 3.05) is 7.05 Å². The Labute approximate surface area is 153 Å². The zero-order chi connectivity index (χ0) is 19.5. The molecule has 0 spiro atoms. The lowest BCUT2D eigenvalue weighted by atomic mass is 9.81. The highest BCUT2D eigenvalue weighted by Gasteiger charge is 2.40. The molecule has 7 nitrogen and oxygen atoms in total. The molecular weight excluding hydrogens is 334 g/mol. The van der Waals surface area contributed by atoms with E-state index in [2.05, 4.69) is 6.07 Å². The minimum absolute atomic E-state index is 0.156. The number of Topliss-reactive ketones (excluding diaryl/α,β-unsaturated/α-hetero) is 1. The fourth-order valence-corrected chi connectivity index (χ4v) is 3.37. The van der Waals surface area contributed by atoms with Crippen LogP contribution in [0.4, 0.5) is 0 Å². The molecule has 1 saturated carbocycles. The van der Waals surface area contributed by atoms with Crippen LogP contribution in [0.25, 0.3) is 0 Å². The van der Waals surface area contributed by atoms with E-state index in [1.807, 2.05) is 0 Å². The third-order valence-electron chi connectivity index (χ3n) is 5.11. The number of hydrogen-bond acceptors (Lipinski definition) is 5. The van der Waals surface area contributed by atoms with Gasteiger partial charge < -0.3 is 14.2 Å². The van der Waals surface area contributed by atoms with E-state index >= 15 is 0 Å². The molecule has 0 saturated heterocycles. The fraction of sp³-hybridized carbons (Fsp3) is 0.579. The summed E-state index contributed by atoms with van der Waals surface area (Å²) in [5.74, 6) is -1.23. The maximum atomic E-state index is 12.7. The van der Waals surface area contributed by atoms with Crippen molar-refractivity contribution in [1.29, 1.82) is 5.26 Å². The van der Waals surface area contributed by atoms with Gasteiger partial charge in [0.25, 0.3) is 5.91 Å². The van der Waals surface area contributed by atoms with Crippen molar-refractivity contribution in [1.82, 2.24) is 9.47 Å². The summed E-state index contributed by atoms with van der Waals surface area (Å²) in [6.07, 6.45) is 4.65. The molecule has 1 heterocycles. The minimum Gasteiger partial charge on any atom is -0.448 e. The number of ketones is 1. The Morgan fingerprint density at radius 3 is 2.42 bits per heavy atom. The molecule has 0 radical (unpaired) electrons. The Balaban J connectivity index is 2.10. The van der Waals surface area contributed by atoms with Crippen molar-refractivity contribution >= 4 is 17.7 Å². The number of hydrogen-bond donors (Lipinski definition) is 0. The second-order valence-corrected chi connectivity index (χ2v) is 6.93. The van der Waals surface area contributed by atoms with Gasteiger partial charge in [-0.1, -0.05) is 19.3 Å². The van der Waals surface area contributed by atoms with Crippen LogP contribution >= 0.6 is 0 Å². The monoisotopic (exact) mass is 359 g/mol. The standard InChI is InChI=1S/C19H25N3O4/c1-13(23)15-10-16(21(3)11-15)18(25)26-14(2)17(24)22(4)19(12-20)8-6-5-7-9-19/h10-11,14H,5-9H2,1-4H3/t14-/m1/s1. The lowest BCUT2D eigenvalue weighted by molar-refractivity contribution is -0.143. The Bertz CT molecular complexity index is 753. The van der Waals surface area contributed by atoms with Gasteiger partial charge in [-0.15, -0.1) is 0 Å². The van der Waals surface area contributed by atoms with Crippen LogP contribution in [0.3, 0.4) is 0 Å². The molecule has 1 fully saturated rings. The van der Waals surface area contributed by atoms with Gasteiger partial charge in [0.15, 0.2) is 11.9 Å². The normalized spacial score (nSPS) is 17.0. The van der Waals surface area contributed by atoms with Crippen LogP contribution in [0.2, 0.25) is 0 Å². The number of carbonyl (C=O) groups excluding carboxylic acids is 3. The van der Waals surface area contributed by atoms with E-state index in [-0.39, 0.29) is 11.5 Å². The Morgan fingerprint density at radius 2 is 1.92 bits per heavy atom. The highest BCUT2D eigenvalue weighted by Crippen LogP contribution is 2.33. The average Bonchev–Trinajstić information content (AvgIpc) is 3.03. The van der Waals surface area contributed by atoms with Gasteiger partial charge in [-0.3, -0.25) is 9.59 Å². The second-order valence-electron chi connectivity index (χ2n) is 6.93. The molecule has 1 aliphatic rings. The van der Waals surface area contributed by atoms with Gasteiger partial charge in [0.05, 0.1) is 6.07 Å². The smallest absolute Gasteiger partial charge is 0.355 e. The summed E-state index contributed by atoms with van der Waals surface area (Å²) in [6.45, 7) is 2.91. The van der Waals surface area contributed by atoms with E-state index < -0.39 is 23.5 Å². The number of nitrogens with zero attached hydrogens (tertiary/aromatic N) is 3. The number of ether oxygens (including phenoxy) is 1. The maximum Gasteiger partial charge on any atom is 0.355 e. The number of nitriles is 1. The van der Waals surface area contributed by atoms with Crippen LogP contribution in [0.5, 0.6) is 0 Å². The predicted molar refractivity (Wildman–Crippen MR) is 94.5 cm³/mol. The number of amides is 1. The molecule has 1 aromatic rings. The summed E-state index contributed by atoms with van der Waals surface area (Å²) in [5, 5.41) is 9.61. The number of carbonyl (C=O) groups is 3. The molecule has 0 aromatic carbocycles. The molecule has 0 N–H and O–H groups in total. The molecule has 2 rings (SSSR count). The van der Waals surface area contributed by atoms with E-state index in [0.29, 0.717) is 18.4 Å². The van der Waals surface area contributed by atoms with Gasteiger partial charge in [-0.2, -0.15) is 5.26 Å². The van der Waals surface area contributed by atoms with Crippen LogP contribution in [-0.2, 0) is 16.6 Å². The lowest BCUT2D eigenvalue weighted by Crippen LogP contribution is -2.53. The number of aryl methyl sites for hydroxylation is 1. The molecular formula is C19H25N3O4. The molecule has 1 atom stereocenters. The van der Waals surface area contributed by atoms with E-state index in [1.54, 1.807) is 20.3 Å². The Kier molecular flexibility index (Phi) is 5.86. The van der Waals surface area contributed by atoms with Gasteiger partial charge >= 0.3 is 5.97 Å². The first kappa shape index (κ1) is 19.7. The Morgan fingerprint density at radius 1 is 1.31 bits per heavy atom. The summed E-state index contributed by atoms with van der Waals surface area (Å²) in [6, 6.07) is 3.73. The van der Waals surface area contributed by atoms with Crippen molar-refractivity contribution in [3.63, 3.8) is 0 Å². The predicted octanol–water partition coefficient (Wildman–Crippen LogP) is 2.46. The molecule has 1 aliphatic carbocycles. The summed E-state index contributed by atoms with van der Waals surface area (Å²) < 4.78 is 6.80.